The van der Waals surface area contributed by atoms with Crippen LogP contribution in [0.25, 0.3) is 37.4 Å². The van der Waals surface area contributed by atoms with E-state index in [1.807, 2.05) is 30.3 Å². The van der Waals surface area contributed by atoms with Crippen LogP contribution in [0.5, 0.6) is 5.75 Å². The molecule has 4 aromatic heterocycles. The lowest BCUT2D eigenvalue weighted by molar-refractivity contribution is 0.0968. The molecule has 1 N–H and O–H groups in total. The number of hydrogen-bond acceptors (Lipinski definition) is 8. The smallest absolute Gasteiger partial charge is 0.262 e. The Kier molecular flexibility index (Phi) is 6.80. The van der Waals surface area contributed by atoms with E-state index in [1.165, 1.54) is 16.8 Å². The summed E-state index contributed by atoms with van der Waals surface area (Å²) >= 11 is 1.61. The third-order valence-corrected chi connectivity index (χ3v) is 8.65. The van der Waals surface area contributed by atoms with Crippen molar-refractivity contribution in [2.24, 2.45) is 0 Å². The Balaban J connectivity index is 1.30. The van der Waals surface area contributed by atoms with Crippen molar-refractivity contribution in [3.8, 4) is 21.9 Å². The highest BCUT2D eigenvalue weighted by Gasteiger charge is 2.32. The number of amides is 1. The van der Waals surface area contributed by atoms with Gasteiger partial charge in [-0.25, -0.2) is 14.4 Å². The summed E-state index contributed by atoms with van der Waals surface area (Å²) in [5.74, 6) is 0.192. The lowest BCUT2D eigenvalue weighted by Crippen LogP contribution is -2.49. The first kappa shape index (κ1) is 26.2. The third-order valence-electron chi connectivity index (χ3n) is 7.50. The normalized spacial score (nSPS) is 15.2. The van der Waals surface area contributed by atoms with Crippen LogP contribution in [0.4, 0.5) is 10.2 Å². The van der Waals surface area contributed by atoms with E-state index in [9.17, 15) is 4.79 Å². The van der Waals surface area contributed by atoms with Gasteiger partial charge in [-0.05, 0) is 73.5 Å². The average Bonchev–Trinajstić information content (AvgIpc) is 3.67. The van der Waals surface area contributed by atoms with E-state index in [-0.39, 0.29) is 11.6 Å². The van der Waals surface area contributed by atoms with E-state index in [1.54, 1.807) is 53.9 Å². The highest BCUT2D eigenvalue weighted by atomic mass is 32.1. The van der Waals surface area contributed by atoms with Crippen molar-refractivity contribution in [2.75, 3.05) is 25.1 Å². The standard InChI is InChI=1S/C31H26FN7O2S/c1-41-22-7-2-5-19(15-22)28-17-24-27(42-28)11-14-35-29(24)38(21-6-3-12-33-18-21)31(40)23-10-9-20(16-25(23)32)39-30-26(36-37-39)8-4-13-34-30/h2,4-5,7-11,13-17,21,33H,3,6,12,18H2,1H3/t21-/m1/s1. The van der Waals surface area contributed by atoms with Crippen LogP contribution in [0.1, 0.15) is 23.2 Å². The molecular weight excluding hydrogens is 553 g/mol. The van der Waals surface area contributed by atoms with E-state index in [0.29, 0.717) is 29.2 Å². The number of aromatic nitrogens is 5. The van der Waals surface area contributed by atoms with Crippen molar-refractivity contribution in [3.63, 3.8) is 0 Å². The molecule has 0 aliphatic carbocycles. The highest BCUT2D eigenvalue weighted by molar-refractivity contribution is 7.22. The van der Waals surface area contributed by atoms with Gasteiger partial charge in [-0.3, -0.25) is 9.69 Å². The quantitative estimate of drug-likeness (QED) is 0.273. The zero-order valence-electron chi connectivity index (χ0n) is 22.7. The molecule has 1 aliphatic rings. The zero-order chi connectivity index (χ0) is 28.6. The Bertz CT molecular complexity index is 1930. The number of piperidine rings is 1. The fourth-order valence-electron chi connectivity index (χ4n) is 5.43. The molecule has 210 valence electrons. The van der Waals surface area contributed by atoms with Crippen molar-refractivity contribution in [1.82, 2.24) is 30.3 Å². The van der Waals surface area contributed by atoms with Gasteiger partial charge in [0.1, 0.15) is 22.9 Å². The van der Waals surface area contributed by atoms with Crippen molar-refractivity contribution in [3.05, 3.63) is 90.5 Å². The first-order valence-corrected chi connectivity index (χ1v) is 14.5. The fraction of sp³-hybridized carbons (Fsp3) is 0.194. The van der Waals surface area contributed by atoms with E-state index < -0.39 is 11.7 Å². The van der Waals surface area contributed by atoms with Crippen LogP contribution in [0.3, 0.4) is 0 Å². The molecule has 0 spiro atoms. The summed E-state index contributed by atoms with van der Waals surface area (Å²) < 4.78 is 23.6. The lowest BCUT2D eigenvalue weighted by atomic mass is 10.0. The van der Waals surface area contributed by atoms with Crippen molar-refractivity contribution in [1.29, 1.82) is 0 Å². The maximum absolute atomic E-state index is 15.8. The number of hydrogen-bond donors (Lipinski definition) is 1. The summed E-state index contributed by atoms with van der Waals surface area (Å²) in [6.07, 6.45) is 5.02. The van der Waals surface area contributed by atoms with Gasteiger partial charge in [0.2, 0.25) is 0 Å². The van der Waals surface area contributed by atoms with Crippen LogP contribution in [-0.4, -0.2) is 57.1 Å². The molecule has 1 saturated heterocycles. The number of methoxy groups -OCH3 is 1. The Labute approximate surface area is 244 Å². The summed E-state index contributed by atoms with van der Waals surface area (Å²) in [5.41, 5.74) is 2.50. The molecule has 11 heteroatoms. The fourth-order valence-corrected chi connectivity index (χ4v) is 6.47. The van der Waals surface area contributed by atoms with Crippen LogP contribution < -0.4 is 15.0 Å². The number of anilines is 1. The van der Waals surface area contributed by atoms with Gasteiger partial charge in [0, 0.05) is 40.0 Å². The molecule has 0 saturated carbocycles. The molecular formula is C31H26FN7O2S. The average molecular weight is 580 g/mol. The number of rotatable bonds is 6. The summed E-state index contributed by atoms with van der Waals surface area (Å²) in [6.45, 7) is 1.46. The Morgan fingerprint density at radius 2 is 2.02 bits per heavy atom. The van der Waals surface area contributed by atoms with E-state index in [2.05, 4.69) is 26.7 Å². The minimum atomic E-state index is -0.652. The highest BCUT2D eigenvalue weighted by Crippen LogP contribution is 2.39. The maximum Gasteiger partial charge on any atom is 0.262 e. The summed E-state index contributed by atoms with van der Waals surface area (Å²) in [4.78, 5) is 25.9. The van der Waals surface area contributed by atoms with Gasteiger partial charge >= 0.3 is 0 Å². The first-order chi connectivity index (χ1) is 20.6. The molecule has 1 atom stereocenters. The Morgan fingerprint density at radius 1 is 1.10 bits per heavy atom. The predicted octanol–water partition coefficient (Wildman–Crippen LogP) is 5.64. The molecule has 0 radical (unpaired) electrons. The monoisotopic (exact) mass is 579 g/mol. The van der Waals surface area contributed by atoms with Crippen molar-refractivity contribution >= 4 is 44.3 Å². The van der Waals surface area contributed by atoms with Crippen molar-refractivity contribution < 1.29 is 13.9 Å². The molecule has 7 rings (SSSR count). The second kappa shape index (κ2) is 10.9. The van der Waals surface area contributed by atoms with E-state index >= 15 is 4.39 Å². The van der Waals surface area contributed by atoms with Gasteiger partial charge in [-0.2, -0.15) is 4.68 Å². The second-order valence-corrected chi connectivity index (χ2v) is 11.2. The van der Waals surface area contributed by atoms with Crippen LogP contribution in [0.2, 0.25) is 0 Å². The van der Waals surface area contributed by atoms with Gasteiger partial charge in [-0.1, -0.05) is 17.3 Å². The Hall–Kier alpha value is -4.74. The van der Waals surface area contributed by atoms with Gasteiger partial charge in [0.05, 0.1) is 24.4 Å². The van der Waals surface area contributed by atoms with Gasteiger partial charge in [-0.15, -0.1) is 16.4 Å². The van der Waals surface area contributed by atoms with Crippen LogP contribution in [0, 0.1) is 5.82 Å². The number of nitrogens with one attached hydrogen (secondary N) is 1. The molecule has 9 nitrogen and oxygen atoms in total. The molecule has 1 aliphatic heterocycles. The first-order valence-electron chi connectivity index (χ1n) is 13.6. The topological polar surface area (TPSA) is 98.1 Å². The number of benzene rings is 2. The molecule has 0 unspecified atom stereocenters. The Morgan fingerprint density at radius 3 is 2.86 bits per heavy atom. The molecule has 1 amide bonds. The number of nitrogens with zero attached hydrogens (tertiary/aromatic N) is 6. The summed E-state index contributed by atoms with van der Waals surface area (Å²) in [7, 11) is 1.64. The predicted molar refractivity (Wildman–Crippen MR) is 161 cm³/mol. The number of carbonyl (C=O) groups is 1. The number of fused-ring (bicyclic) bond motifs is 2. The number of ether oxygens (including phenoxy) is 1. The molecule has 5 heterocycles. The molecule has 42 heavy (non-hydrogen) atoms. The van der Waals surface area contributed by atoms with E-state index in [0.717, 1.165) is 45.7 Å². The molecule has 1 fully saturated rings. The van der Waals surface area contributed by atoms with Crippen LogP contribution in [-0.2, 0) is 0 Å². The van der Waals surface area contributed by atoms with Crippen LogP contribution in [0.15, 0.2) is 79.1 Å². The van der Waals surface area contributed by atoms with Gasteiger partial charge in [0.15, 0.2) is 5.65 Å². The van der Waals surface area contributed by atoms with Crippen LogP contribution >= 0.6 is 11.3 Å². The van der Waals surface area contributed by atoms with E-state index in [4.69, 9.17) is 9.72 Å². The third kappa shape index (κ3) is 4.66. The second-order valence-electron chi connectivity index (χ2n) is 10.1. The number of thiophene rings is 1. The minimum Gasteiger partial charge on any atom is -0.497 e. The molecule has 2 aromatic carbocycles. The van der Waals surface area contributed by atoms with Gasteiger partial charge in [0.25, 0.3) is 5.91 Å². The number of pyridine rings is 2. The summed E-state index contributed by atoms with van der Waals surface area (Å²) in [5, 5.41) is 12.5. The minimum absolute atomic E-state index is 0.0382. The largest absolute Gasteiger partial charge is 0.497 e. The molecule has 0 bridgehead atoms. The lowest BCUT2D eigenvalue weighted by Gasteiger charge is -2.34. The zero-order valence-corrected chi connectivity index (χ0v) is 23.5. The number of halogens is 1. The van der Waals surface area contributed by atoms with Gasteiger partial charge < -0.3 is 10.1 Å². The SMILES string of the molecule is COc1cccc(-c2cc3c(N(C(=O)c4ccc(-n5nnc6cccnc65)cc4F)[C@@H]4CCCNC4)nccc3s2)c1. The molecule has 6 aromatic rings. The van der Waals surface area contributed by atoms with Crippen molar-refractivity contribution in [2.45, 2.75) is 18.9 Å². The summed E-state index contributed by atoms with van der Waals surface area (Å²) in [6, 6.07) is 19.7. The number of carbonyl (C=O) groups excluding carboxylic acids is 1. The maximum atomic E-state index is 15.8.